The van der Waals surface area contributed by atoms with Gasteiger partial charge in [-0.1, -0.05) is 54.2 Å². The molecule has 0 atom stereocenters. The number of benzene rings is 2. The normalized spacial score (nSPS) is 11.9. The molecular weight excluding hydrogens is 228 g/mol. The third-order valence-electron chi connectivity index (χ3n) is 2.57. The van der Waals surface area contributed by atoms with Crippen molar-refractivity contribution in [3.8, 4) is 0 Å². The summed E-state index contributed by atoms with van der Waals surface area (Å²) in [4.78, 5) is 4.18. The van der Waals surface area contributed by atoms with E-state index in [0.29, 0.717) is 5.17 Å². The zero-order chi connectivity index (χ0) is 12.1. The van der Waals surface area contributed by atoms with Crippen LogP contribution in [0.25, 0.3) is 10.8 Å². The first kappa shape index (κ1) is 12.0. The van der Waals surface area contributed by atoms with Crippen LogP contribution in [0.5, 0.6) is 0 Å². The molecule has 0 unspecified atom stereocenters. The minimum atomic E-state index is 0.667. The molecule has 0 amide bonds. The lowest BCUT2D eigenvalue weighted by molar-refractivity contribution is 1.13. The van der Waals surface area contributed by atoms with Crippen LogP contribution in [0.2, 0.25) is 0 Å². The summed E-state index contributed by atoms with van der Waals surface area (Å²) in [5.41, 5.74) is 7.10. The highest BCUT2D eigenvalue weighted by molar-refractivity contribution is 8.13. The van der Waals surface area contributed by atoms with Gasteiger partial charge in [-0.3, -0.25) is 4.99 Å². The largest absolute Gasteiger partial charge is 0.379 e. The van der Waals surface area contributed by atoms with E-state index in [1.54, 1.807) is 11.8 Å². The summed E-state index contributed by atoms with van der Waals surface area (Å²) in [6.07, 6.45) is 0. The van der Waals surface area contributed by atoms with Gasteiger partial charge in [0, 0.05) is 12.3 Å². The molecule has 0 aromatic heterocycles. The molecule has 2 nitrogen and oxygen atoms in total. The van der Waals surface area contributed by atoms with Gasteiger partial charge in [0.15, 0.2) is 5.17 Å². The van der Waals surface area contributed by atoms with E-state index in [1.807, 2.05) is 6.92 Å². The van der Waals surface area contributed by atoms with Gasteiger partial charge < -0.3 is 5.73 Å². The standard InChI is InChI=1S/C14H16N2S/c1-2-16-14(15)17-10-12-8-5-7-11-6-3-4-9-13(11)12/h3-9H,2,10H2,1H3,(H2,15,16). The van der Waals surface area contributed by atoms with Crippen molar-refractivity contribution in [2.45, 2.75) is 12.7 Å². The predicted molar refractivity (Wildman–Crippen MR) is 77.4 cm³/mol. The number of hydrogen-bond acceptors (Lipinski definition) is 2. The maximum atomic E-state index is 5.79. The summed E-state index contributed by atoms with van der Waals surface area (Å²) in [5.74, 6) is 0.872. The minimum Gasteiger partial charge on any atom is -0.379 e. The third-order valence-corrected chi connectivity index (χ3v) is 3.45. The van der Waals surface area contributed by atoms with Crippen LogP contribution < -0.4 is 5.73 Å². The molecule has 0 aliphatic carbocycles. The van der Waals surface area contributed by atoms with Crippen molar-refractivity contribution in [2.24, 2.45) is 10.7 Å². The maximum Gasteiger partial charge on any atom is 0.154 e. The third kappa shape index (κ3) is 3.01. The van der Waals surface area contributed by atoms with Crippen LogP contribution in [0.4, 0.5) is 0 Å². The molecule has 17 heavy (non-hydrogen) atoms. The summed E-state index contributed by atoms with van der Waals surface area (Å²) in [6, 6.07) is 14.8. The van der Waals surface area contributed by atoms with Gasteiger partial charge in [-0.2, -0.15) is 0 Å². The van der Waals surface area contributed by atoms with Crippen LogP contribution in [0, 0.1) is 0 Å². The van der Waals surface area contributed by atoms with Gasteiger partial charge >= 0.3 is 0 Å². The molecule has 0 fully saturated rings. The summed E-state index contributed by atoms with van der Waals surface area (Å²) < 4.78 is 0. The van der Waals surface area contributed by atoms with Gasteiger partial charge in [-0.25, -0.2) is 0 Å². The number of amidine groups is 1. The van der Waals surface area contributed by atoms with Gasteiger partial charge in [0.05, 0.1) is 0 Å². The highest BCUT2D eigenvalue weighted by atomic mass is 32.2. The van der Waals surface area contributed by atoms with E-state index in [-0.39, 0.29) is 0 Å². The molecule has 0 radical (unpaired) electrons. The van der Waals surface area contributed by atoms with Gasteiger partial charge in [0.1, 0.15) is 0 Å². The Morgan fingerprint density at radius 3 is 2.76 bits per heavy atom. The Balaban J connectivity index is 2.21. The second kappa shape index (κ2) is 5.73. The molecule has 0 bridgehead atoms. The first-order valence-corrected chi connectivity index (χ1v) is 6.69. The van der Waals surface area contributed by atoms with Crippen molar-refractivity contribution in [1.82, 2.24) is 0 Å². The van der Waals surface area contributed by atoms with E-state index >= 15 is 0 Å². The van der Waals surface area contributed by atoms with Crippen LogP contribution in [0.3, 0.4) is 0 Å². The molecule has 0 saturated heterocycles. The van der Waals surface area contributed by atoms with Crippen molar-refractivity contribution >= 4 is 27.7 Å². The smallest absolute Gasteiger partial charge is 0.154 e. The van der Waals surface area contributed by atoms with E-state index in [9.17, 15) is 0 Å². The Hall–Kier alpha value is -1.48. The number of rotatable bonds is 3. The monoisotopic (exact) mass is 244 g/mol. The van der Waals surface area contributed by atoms with E-state index in [4.69, 9.17) is 5.73 Å². The Bertz CT molecular complexity index is 529. The number of nitrogens with two attached hydrogens (primary N) is 1. The number of thioether (sulfide) groups is 1. The lowest BCUT2D eigenvalue weighted by Gasteiger charge is -2.05. The number of fused-ring (bicyclic) bond motifs is 1. The van der Waals surface area contributed by atoms with E-state index in [2.05, 4.69) is 47.5 Å². The van der Waals surface area contributed by atoms with Crippen molar-refractivity contribution < 1.29 is 0 Å². The quantitative estimate of drug-likeness (QED) is 0.663. The van der Waals surface area contributed by atoms with Gasteiger partial charge in [-0.05, 0) is 23.3 Å². The zero-order valence-corrected chi connectivity index (χ0v) is 10.7. The molecule has 2 N–H and O–H groups in total. The average molecular weight is 244 g/mol. The van der Waals surface area contributed by atoms with Gasteiger partial charge in [0.2, 0.25) is 0 Å². The molecule has 2 aromatic rings. The molecular formula is C14H16N2S. The van der Waals surface area contributed by atoms with E-state index in [1.165, 1.54) is 16.3 Å². The number of nitrogens with zero attached hydrogens (tertiary/aromatic N) is 1. The Morgan fingerprint density at radius 2 is 1.94 bits per heavy atom. The highest BCUT2D eigenvalue weighted by Gasteiger charge is 2.01. The fourth-order valence-corrected chi connectivity index (χ4v) is 2.55. The topological polar surface area (TPSA) is 38.4 Å². The molecule has 2 aromatic carbocycles. The fraction of sp³-hybridized carbons (Fsp3) is 0.214. The molecule has 0 spiro atoms. The average Bonchev–Trinajstić information content (AvgIpc) is 2.36. The van der Waals surface area contributed by atoms with Gasteiger partial charge in [-0.15, -0.1) is 0 Å². The Labute approximate surface area is 106 Å². The molecule has 0 saturated carbocycles. The molecule has 0 aliphatic heterocycles. The lowest BCUT2D eigenvalue weighted by Crippen LogP contribution is -2.07. The van der Waals surface area contributed by atoms with Gasteiger partial charge in [0.25, 0.3) is 0 Å². The lowest BCUT2D eigenvalue weighted by atomic mass is 10.1. The first-order valence-electron chi connectivity index (χ1n) is 5.70. The molecule has 0 heterocycles. The van der Waals surface area contributed by atoms with Crippen LogP contribution in [-0.4, -0.2) is 11.7 Å². The van der Waals surface area contributed by atoms with Crippen LogP contribution in [0.15, 0.2) is 47.5 Å². The van der Waals surface area contributed by atoms with E-state index in [0.717, 1.165) is 12.3 Å². The molecule has 88 valence electrons. The second-order valence-electron chi connectivity index (χ2n) is 3.74. The van der Waals surface area contributed by atoms with Crippen molar-refractivity contribution in [2.75, 3.05) is 6.54 Å². The fourth-order valence-electron chi connectivity index (χ4n) is 1.77. The summed E-state index contributed by atoms with van der Waals surface area (Å²) in [5, 5.41) is 3.24. The summed E-state index contributed by atoms with van der Waals surface area (Å²) in [6.45, 7) is 2.74. The Morgan fingerprint density at radius 1 is 1.18 bits per heavy atom. The highest BCUT2D eigenvalue weighted by Crippen LogP contribution is 2.22. The second-order valence-corrected chi connectivity index (χ2v) is 4.74. The molecule has 2 rings (SSSR count). The predicted octanol–water partition coefficient (Wildman–Crippen LogP) is 3.41. The molecule has 3 heteroatoms. The van der Waals surface area contributed by atoms with Crippen LogP contribution in [0.1, 0.15) is 12.5 Å². The summed E-state index contributed by atoms with van der Waals surface area (Å²) >= 11 is 1.60. The van der Waals surface area contributed by atoms with Crippen LogP contribution >= 0.6 is 11.8 Å². The zero-order valence-electron chi connectivity index (χ0n) is 9.89. The Kier molecular flexibility index (Phi) is 4.04. The van der Waals surface area contributed by atoms with Crippen molar-refractivity contribution in [3.05, 3.63) is 48.0 Å². The maximum absolute atomic E-state index is 5.79. The SMILES string of the molecule is CCN=C(N)SCc1cccc2ccccc12. The van der Waals surface area contributed by atoms with Crippen molar-refractivity contribution in [1.29, 1.82) is 0 Å². The van der Waals surface area contributed by atoms with Crippen LogP contribution in [-0.2, 0) is 5.75 Å². The molecule has 0 aliphatic rings. The number of hydrogen-bond donors (Lipinski definition) is 1. The first-order chi connectivity index (χ1) is 8.31. The van der Waals surface area contributed by atoms with E-state index < -0.39 is 0 Å². The van der Waals surface area contributed by atoms with Crippen molar-refractivity contribution in [3.63, 3.8) is 0 Å². The minimum absolute atomic E-state index is 0.667. The summed E-state index contributed by atoms with van der Waals surface area (Å²) in [7, 11) is 0. The number of aliphatic imine (C=N–C) groups is 1.